The number of allylic oxidation sites excluding steroid dienone is 1. The lowest BCUT2D eigenvalue weighted by Gasteiger charge is -2.04. The van der Waals surface area contributed by atoms with E-state index in [9.17, 15) is 0 Å². The van der Waals surface area contributed by atoms with Crippen LogP contribution < -0.4 is 5.32 Å². The van der Waals surface area contributed by atoms with Crippen molar-refractivity contribution in [1.82, 2.24) is 5.32 Å². The van der Waals surface area contributed by atoms with Gasteiger partial charge in [-0.05, 0) is 12.8 Å². The molecule has 0 radical (unpaired) electrons. The second kappa shape index (κ2) is 9.63. The maximum absolute atomic E-state index is 3.91. The molecule has 13 heavy (non-hydrogen) atoms. The van der Waals surface area contributed by atoms with E-state index in [1.165, 1.54) is 50.6 Å². The molecule has 0 unspecified atom stereocenters. The van der Waals surface area contributed by atoms with E-state index in [0.29, 0.717) is 0 Å². The Labute approximate surface area is 83.6 Å². The molecule has 0 fully saturated rings. The van der Waals surface area contributed by atoms with Gasteiger partial charge >= 0.3 is 0 Å². The van der Waals surface area contributed by atoms with Crippen molar-refractivity contribution in [2.24, 2.45) is 0 Å². The lowest BCUT2D eigenvalue weighted by atomic mass is 10.1. The summed E-state index contributed by atoms with van der Waals surface area (Å²) in [7, 11) is 1.95. The van der Waals surface area contributed by atoms with Crippen LogP contribution in [0, 0.1) is 0 Å². The molecule has 0 saturated heterocycles. The van der Waals surface area contributed by atoms with Gasteiger partial charge < -0.3 is 5.32 Å². The summed E-state index contributed by atoms with van der Waals surface area (Å²) in [4.78, 5) is 0. The molecule has 0 atom stereocenters. The zero-order valence-electron chi connectivity index (χ0n) is 9.36. The SMILES string of the molecule is C=C(CCCCCCCCC)NC. The van der Waals surface area contributed by atoms with Crippen molar-refractivity contribution in [2.75, 3.05) is 7.05 Å². The van der Waals surface area contributed by atoms with Crippen LogP contribution >= 0.6 is 0 Å². The van der Waals surface area contributed by atoms with Crippen molar-refractivity contribution < 1.29 is 0 Å². The van der Waals surface area contributed by atoms with Crippen molar-refractivity contribution in [3.05, 3.63) is 12.3 Å². The molecule has 0 aromatic heterocycles. The average Bonchev–Trinajstić information content (AvgIpc) is 2.16. The van der Waals surface area contributed by atoms with Gasteiger partial charge in [-0.2, -0.15) is 0 Å². The first-order valence-electron chi connectivity index (χ1n) is 5.66. The summed E-state index contributed by atoms with van der Waals surface area (Å²) in [5.74, 6) is 0. The largest absolute Gasteiger partial charge is 0.392 e. The zero-order chi connectivity index (χ0) is 9.94. The number of nitrogens with one attached hydrogen (secondary N) is 1. The zero-order valence-corrected chi connectivity index (χ0v) is 9.36. The average molecular weight is 183 g/mol. The van der Waals surface area contributed by atoms with E-state index >= 15 is 0 Å². The van der Waals surface area contributed by atoms with Crippen molar-refractivity contribution in [3.63, 3.8) is 0 Å². The second-order valence-electron chi connectivity index (χ2n) is 3.72. The molecule has 1 N–H and O–H groups in total. The monoisotopic (exact) mass is 183 g/mol. The maximum Gasteiger partial charge on any atom is 0.00310 e. The van der Waals surface area contributed by atoms with Crippen LogP contribution in [0.2, 0.25) is 0 Å². The van der Waals surface area contributed by atoms with Crippen molar-refractivity contribution in [2.45, 2.75) is 58.3 Å². The first kappa shape index (κ1) is 12.5. The van der Waals surface area contributed by atoms with Crippen LogP contribution in [0.3, 0.4) is 0 Å². The van der Waals surface area contributed by atoms with Gasteiger partial charge in [0.15, 0.2) is 0 Å². The summed E-state index contributed by atoms with van der Waals surface area (Å²) < 4.78 is 0. The summed E-state index contributed by atoms with van der Waals surface area (Å²) >= 11 is 0. The summed E-state index contributed by atoms with van der Waals surface area (Å²) in [5, 5.41) is 3.08. The first-order chi connectivity index (χ1) is 6.31. The number of hydrogen-bond acceptors (Lipinski definition) is 1. The molecule has 0 heterocycles. The van der Waals surface area contributed by atoms with Crippen LogP contribution in [0.15, 0.2) is 12.3 Å². The van der Waals surface area contributed by atoms with E-state index in [-0.39, 0.29) is 0 Å². The Morgan fingerprint density at radius 3 is 2.08 bits per heavy atom. The summed E-state index contributed by atoms with van der Waals surface area (Å²) in [6.07, 6.45) is 10.8. The van der Waals surface area contributed by atoms with E-state index in [0.717, 1.165) is 6.42 Å². The summed E-state index contributed by atoms with van der Waals surface area (Å²) in [6, 6.07) is 0. The first-order valence-corrected chi connectivity index (χ1v) is 5.66. The quantitative estimate of drug-likeness (QED) is 0.535. The van der Waals surface area contributed by atoms with Gasteiger partial charge in [0.1, 0.15) is 0 Å². The Hall–Kier alpha value is -0.460. The molecular formula is C12H25N. The molecule has 1 heteroatoms. The van der Waals surface area contributed by atoms with Gasteiger partial charge in [-0.15, -0.1) is 0 Å². The fraction of sp³-hybridized carbons (Fsp3) is 0.833. The lowest BCUT2D eigenvalue weighted by molar-refractivity contribution is 0.584. The Morgan fingerprint density at radius 1 is 1.00 bits per heavy atom. The molecule has 0 aromatic rings. The molecule has 0 aliphatic heterocycles. The van der Waals surface area contributed by atoms with E-state index in [2.05, 4.69) is 18.8 Å². The Bertz CT molecular complexity index is 118. The fourth-order valence-corrected chi connectivity index (χ4v) is 1.42. The van der Waals surface area contributed by atoms with Gasteiger partial charge in [0.2, 0.25) is 0 Å². The van der Waals surface area contributed by atoms with Gasteiger partial charge in [-0.3, -0.25) is 0 Å². The third-order valence-electron chi connectivity index (χ3n) is 2.44. The van der Waals surface area contributed by atoms with E-state index in [1.54, 1.807) is 0 Å². The highest BCUT2D eigenvalue weighted by molar-refractivity contribution is 4.88. The molecule has 1 nitrogen and oxygen atoms in total. The Kier molecular flexibility index (Phi) is 9.29. The van der Waals surface area contributed by atoms with Crippen LogP contribution in [0.1, 0.15) is 58.3 Å². The van der Waals surface area contributed by atoms with Crippen LogP contribution in [0.5, 0.6) is 0 Å². The molecule has 0 saturated carbocycles. The van der Waals surface area contributed by atoms with Crippen molar-refractivity contribution >= 4 is 0 Å². The van der Waals surface area contributed by atoms with Gasteiger partial charge in [0.05, 0.1) is 0 Å². The molecule has 0 amide bonds. The van der Waals surface area contributed by atoms with Gasteiger partial charge in [0.25, 0.3) is 0 Å². The second-order valence-corrected chi connectivity index (χ2v) is 3.72. The smallest absolute Gasteiger partial charge is 0.00310 e. The molecule has 0 aliphatic carbocycles. The minimum Gasteiger partial charge on any atom is -0.392 e. The van der Waals surface area contributed by atoms with E-state index in [1.807, 2.05) is 7.05 Å². The Balaban J connectivity index is 2.95. The molecule has 78 valence electrons. The molecular weight excluding hydrogens is 158 g/mol. The topological polar surface area (TPSA) is 12.0 Å². The highest BCUT2D eigenvalue weighted by atomic mass is 14.8. The summed E-state index contributed by atoms with van der Waals surface area (Å²) in [5.41, 5.74) is 1.17. The van der Waals surface area contributed by atoms with Crippen molar-refractivity contribution in [3.8, 4) is 0 Å². The minimum absolute atomic E-state index is 1.14. The fourth-order valence-electron chi connectivity index (χ4n) is 1.42. The number of unbranched alkanes of at least 4 members (excludes halogenated alkanes) is 6. The molecule has 0 bridgehead atoms. The van der Waals surface area contributed by atoms with E-state index in [4.69, 9.17) is 0 Å². The highest BCUT2D eigenvalue weighted by Crippen LogP contribution is 2.09. The minimum atomic E-state index is 1.14. The number of hydrogen-bond donors (Lipinski definition) is 1. The van der Waals surface area contributed by atoms with Crippen LogP contribution in [-0.4, -0.2) is 7.05 Å². The Morgan fingerprint density at radius 2 is 1.54 bits per heavy atom. The van der Waals surface area contributed by atoms with Gasteiger partial charge in [0, 0.05) is 12.7 Å². The standard InChI is InChI=1S/C12H25N/c1-4-5-6-7-8-9-10-11-12(2)13-3/h13H,2,4-11H2,1,3H3. The third-order valence-corrected chi connectivity index (χ3v) is 2.44. The van der Waals surface area contributed by atoms with Gasteiger partial charge in [-0.25, -0.2) is 0 Å². The van der Waals surface area contributed by atoms with Crippen LogP contribution in [0.4, 0.5) is 0 Å². The van der Waals surface area contributed by atoms with Crippen molar-refractivity contribution in [1.29, 1.82) is 0 Å². The third kappa shape index (κ3) is 9.45. The summed E-state index contributed by atoms with van der Waals surface area (Å²) in [6.45, 7) is 6.17. The molecule has 0 aromatic carbocycles. The molecule has 0 aliphatic rings. The molecule has 0 spiro atoms. The van der Waals surface area contributed by atoms with Crippen LogP contribution in [-0.2, 0) is 0 Å². The predicted molar refractivity (Wildman–Crippen MR) is 60.8 cm³/mol. The maximum atomic E-state index is 3.91. The predicted octanol–water partition coefficient (Wildman–Crippen LogP) is 3.86. The highest BCUT2D eigenvalue weighted by Gasteiger charge is 1.92. The van der Waals surface area contributed by atoms with E-state index < -0.39 is 0 Å². The van der Waals surface area contributed by atoms with Crippen LogP contribution in [0.25, 0.3) is 0 Å². The lowest BCUT2D eigenvalue weighted by Crippen LogP contribution is -2.03. The molecule has 0 rings (SSSR count). The van der Waals surface area contributed by atoms with Gasteiger partial charge in [-0.1, -0.05) is 52.0 Å². The normalized spacial score (nSPS) is 10.0. The number of rotatable bonds is 9.